The Hall–Kier alpha value is -2.24. The molecule has 1 rings (SSSR count). The normalized spacial score (nSPS) is 14.1. The van der Waals surface area contributed by atoms with Gasteiger partial charge in [0.05, 0.1) is 18.5 Å². The van der Waals surface area contributed by atoms with Gasteiger partial charge in [-0.1, -0.05) is 6.92 Å². The van der Waals surface area contributed by atoms with Gasteiger partial charge in [0.25, 0.3) is 0 Å². The third-order valence-electron chi connectivity index (χ3n) is 2.75. The third-order valence-corrected chi connectivity index (χ3v) is 2.75. The number of hydrogen-bond acceptors (Lipinski definition) is 5. The smallest absolute Gasteiger partial charge is 0.202 e. The van der Waals surface area contributed by atoms with Crippen molar-refractivity contribution in [2.75, 3.05) is 7.11 Å². The first-order valence-corrected chi connectivity index (χ1v) is 6.36. The lowest BCUT2D eigenvalue weighted by Crippen LogP contribution is -2.16. The van der Waals surface area contributed by atoms with Crippen LogP contribution < -0.4 is 0 Å². The van der Waals surface area contributed by atoms with Gasteiger partial charge in [0.2, 0.25) is 5.84 Å². The van der Waals surface area contributed by atoms with E-state index in [0.717, 1.165) is 17.7 Å². The van der Waals surface area contributed by atoms with Gasteiger partial charge < -0.3 is 4.74 Å². The average molecular weight is 276 g/mol. The largest absolute Gasteiger partial charge is 0.493 e. The Bertz CT molecular complexity index is 567. The molecule has 108 valence electrons. The molecule has 6 heteroatoms. The molecule has 0 aliphatic rings. The van der Waals surface area contributed by atoms with Gasteiger partial charge in [0.15, 0.2) is 12.0 Å². The van der Waals surface area contributed by atoms with Crippen LogP contribution in [-0.2, 0) is 9.53 Å². The van der Waals surface area contributed by atoms with Crippen LogP contribution in [-0.4, -0.2) is 34.5 Å². The number of ether oxygens (including phenoxy) is 1. The van der Waals surface area contributed by atoms with Gasteiger partial charge in [-0.15, -0.1) is 5.10 Å². The number of carbonyl (C=O) groups is 1. The summed E-state index contributed by atoms with van der Waals surface area (Å²) in [6, 6.07) is 0. The van der Waals surface area contributed by atoms with E-state index in [0.29, 0.717) is 23.6 Å². The van der Waals surface area contributed by atoms with Crippen LogP contribution in [0.4, 0.5) is 0 Å². The van der Waals surface area contributed by atoms with Crippen molar-refractivity contribution in [2.45, 2.75) is 34.1 Å². The van der Waals surface area contributed by atoms with Gasteiger partial charge in [-0.2, -0.15) is 5.10 Å². The lowest BCUT2D eigenvalue weighted by molar-refractivity contribution is -0.102. The highest BCUT2D eigenvalue weighted by atomic mass is 16.5. The molecule has 0 bridgehead atoms. The van der Waals surface area contributed by atoms with E-state index in [2.05, 4.69) is 15.2 Å². The number of methoxy groups -OCH3 is 1. The van der Waals surface area contributed by atoms with Crippen molar-refractivity contribution in [3.63, 3.8) is 0 Å². The summed E-state index contributed by atoms with van der Waals surface area (Å²) in [4.78, 5) is 14.8. The molecule has 0 atom stereocenters. The second-order valence-corrected chi connectivity index (χ2v) is 4.37. The predicted octanol–water partition coefficient (Wildman–Crippen LogP) is 2.34. The van der Waals surface area contributed by atoms with Crippen LogP contribution in [0.1, 0.15) is 32.9 Å². The number of nitrogens with zero attached hydrogens (tertiary/aromatic N) is 4. The summed E-state index contributed by atoms with van der Waals surface area (Å²) in [6.45, 7) is 7.48. The van der Waals surface area contributed by atoms with E-state index in [1.54, 1.807) is 24.9 Å². The van der Waals surface area contributed by atoms with Crippen LogP contribution in [0, 0.1) is 6.92 Å². The molecular weight excluding hydrogens is 256 g/mol. The Morgan fingerprint density at radius 2 is 2.15 bits per heavy atom. The van der Waals surface area contributed by atoms with Crippen LogP contribution in [0.2, 0.25) is 0 Å². The zero-order valence-corrected chi connectivity index (χ0v) is 12.5. The van der Waals surface area contributed by atoms with Gasteiger partial charge in [0, 0.05) is 6.20 Å². The molecule has 0 spiro atoms. The highest BCUT2D eigenvalue weighted by Gasteiger charge is 2.14. The molecule has 0 aromatic carbocycles. The van der Waals surface area contributed by atoms with Gasteiger partial charge in [-0.3, -0.25) is 9.36 Å². The molecule has 0 unspecified atom stereocenters. The Kier molecular flexibility index (Phi) is 5.83. The van der Waals surface area contributed by atoms with Crippen molar-refractivity contribution in [1.29, 1.82) is 0 Å². The third kappa shape index (κ3) is 3.88. The summed E-state index contributed by atoms with van der Waals surface area (Å²) < 4.78 is 7.17. The molecule has 0 radical (unpaired) electrons. The number of imidazole rings is 1. The Morgan fingerprint density at radius 3 is 2.60 bits per heavy atom. The fourth-order valence-electron chi connectivity index (χ4n) is 1.52. The van der Waals surface area contributed by atoms with E-state index in [1.165, 1.54) is 0 Å². The Morgan fingerprint density at radius 1 is 1.45 bits per heavy atom. The van der Waals surface area contributed by atoms with Gasteiger partial charge in [0.1, 0.15) is 6.33 Å². The number of rotatable bonds is 5. The molecule has 0 saturated heterocycles. The van der Waals surface area contributed by atoms with E-state index in [4.69, 9.17) is 4.74 Å². The van der Waals surface area contributed by atoms with Crippen molar-refractivity contribution < 1.29 is 9.53 Å². The predicted molar refractivity (Wildman–Crippen MR) is 79.0 cm³/mol. The molecule has 0 fully saturated rings. The molecule has 1 aromatic heterocycles. The number of aryl methyl sites for hydroxylation is 1. The first kappa shape index (κ1) is 15.8. The highest BCUT2D eigenvalue weighted by molar-refractivity contribution is 6.27. The van der Waals surface area contributed by atoms with Gasteiger partial charge in [-0.05, 0) is 32.8 Å². The van der Waals surface area contributed by atoms with Crippen molar-refractivity contribution in [3.05, 3.63) is 29.6 Å². The molecule has 6 nitrogen and oxygen atoms in total. The molecule has 0 amide bonds. The molecular formula is C14H20N4O2. The van der Waals surface area contributed by atoms with Gasteiger partial charge >= 0.3 is 0 Å². The second-order valence-electron chi connectivity index (χ2n) is 4.37. The van der Waals surface area contributed by atoms with Crippen LogP contribution in [0.25, 0.3) is 0 Å². The SMILES string of the molecule is CCC(C)=C(OC)C(=NN=C(C)C=O)n1cnc(C)c1. The minimum atomic E-state index is 0.295. The molecule has 0 aliphatic carbocycles. The van der Waals surface area contributed by atoms with E-state index in [9.17, 15) is 4.79 Å². The molecule has 0 aliphatic heterocycles. The van der Waals surface area contributed by atoms with Crippen molar-refractivity contribution in [3.8, 4) is 0 Å². The zero-order chi connectivity index (χ0) is 15.1. The van der Waals surface area contributed by atoms with Crippen LogP contribution in [0.15, 0.2) is 34.1 Å². The number of aromatic nitrogens is 2. The maximum atomic E-state index is 10.6. The van der Waals surface area contributed by atoms with Gasteiger partial charge in [-0.25, -0.2) is 4.98 Å². The molecule has 1 heterocycles. The summed E-state index contributed by atoms with van der Waals surface area (Å²) in [7, 11) is 1.59. The quantitative estimate of drug-likeness (QED) is 0.272. The number of hydrogen-bond donors (Lipinski definition) is 0. The second kappa shape index (κ2) is 7.37. The average Bonchev–Trinajstić information content (AvgIpc) is 2.88. The minimum Gasteiger partial charge on any atom is -0.493 e. The van der Waals surface area contributed by atoms with Crippen molar-refractivity contribution in [2.24, 2.45) is 10.2 Å². The molecule has 1 aromatic rings. The van der Waals surface area contributed by atoms with E-state index in [-0.39, 0.29) is 0 Å². The monoisotopic (exact) mass is 276 g/mol. The topological polar surface area (TPSA) is 68.8 Å². The maximum Gasteiger partial charge on any atom is 0.202 e. The summed E-state index contributed by atoms with van der Waals surface area (Å²) in [5.41, 5.74) is 2.19. The van der Waals surface area contributed by atoms with Crippen molar-refractivity contribution >= 4 is 17.8 Å². The highest BCUT2D eigenvalue weighted by Crippen LogP contribution is 2.13. The molecule has 0 saturated carbocycles. The minimum absolute atomic E-state index is 0.295. The van der Waals surface area contributed by atoms with E-state index < -0.39 is 0 Å². The zero-order valence-electron chi connectivity index (χ0n) is 12.5. The fraction of sp³-hybridized carbons (Fsp3) is 0.429. The summed E-state index contributed by atoms with van der Waals surface area (Å²) in [5, 5.41) is 8.02. The van der Waals surface area contributed by atoms with E-state index >= 15 is 0 Å². The molecule has 0 N–H and O–H groups in total. The Labute approximate surface area is 118 Å². The first-order chi connectivity index (χ1) is 9.53. The number of allylic oxidation sites excluding steroid dienone is 2. The first-order valence-electron chi connectivity index (χ1n) is 6.36. The number of aldehydes is 1. The number of carbonyl (C=O) groups excluding carboxylic acids is 1. The lowest BCUT2D eigenvalue weighted by atomic mass is 10.2. The maximum absolute atomic E-state index is 10.6. The van der Waals surface area contributed by atoms with Crippen LogP contribution >= 0.6 is 0 Å². The summed E-state index contributed by atoms with van der Waals surface area (Å²) >= 11 is 0. The van der Waals surface area contributed by atoms with Crippen LogP contribution in [0.3, 0.4) is 0 Å². The summed E-state index contributed by atoms with van der Waals surface area (Å²) in [6.07, 6.45) is 4.95. The lowest BCUT2D eigenvalue weighted by Gasteiger charge is -2.12. The van der Waals surface area contributed by atoms with Crippen molar-refractivity contribution in [1.82, 2.24) is 9.55 Å². The van der Waals surface area contributed by atoms with Crippen LogP contribution in [0.5, 0.6) is 0 Å². The van der Waals surface area contributed by atoms with E-state index in [1.807, 2.05) is 27.0 Å². The summed E-state index contributed by atoms with van der Waals surface area (Å²) in [5.74, 6) is 1.14. The molecule has 20 heavy (non-hydrogen) atoms. The Balaban J connectivity index is 3.38. The fourth-order valence-corrected chi connectivity index (χ4v) is 1.52. The standard InChI is InChI=1S/C14H20N4O2/c1-6-10(2)13(20-5)14(17-16-12(4)8-19)18-7-11(3)15-9-18/h7-9H,6H2,1-5H3.